The van der Waals surface area contributed by atoms with Crippen molar-refractivity contribution >= 4 is 5.91 Å². The van der Waals surface area contributed by atoms with E-state index in [1.165, 1.54) is 0 Å². The molecular weight excluding hydrogens is 206 g/mol. The van der Waals surface area contributed by atoms with Gasteiger partial charge in [0.15, 0.2) is 0 Å². The number of hydrogen-bond acceptors (Lipinski definition) is 3. The van der Waals surface area contributed by atoms with Crippen LogP contribution in [0.5, 0.6) is 0 Å². The summed E-state index contributed by atoms with van der Waals surface area (Å²) >= 11 is 0. The van der Waals surface area contributed by atoms with Gasteiger partial charge in [0.25, 0.3) is 0 Å². The van der Waals surface area contributed by atoms with E-state index in [-0.39, 0.29) is 24.5 Å². The SMILES string of the molecule is CC(CC(=O)NC(CO)CO)CC(C)(C)C. The monoisotopic (exact) mass is 231 g/mol. The number of amides is 1. The van der Waals surface area contributed by atoms with Crippen LogP contribution < -0.4 is 5.32 Å². The van der Waals surface area contributed by atoms with Crippen molar-refractivity contribution in [3.8, 4) is 0 Å². The molecule has 0 fully saturated rings. The number of carbonyl (C=O) groups excluding carboxylic acids is 1. The molecule has 0 radical (unpaired) electrons. The molecule has 0 saturated carbocycles. The Morgan fingerprint density at radius 3 is 2.12 bits per heavy atom. The Bertz CT molecular complexity index is 207. The Balaban J connectivity index is 3.95. The first kappa shape index (κ1) is 15.4. The van der Waals surface area contributed by atoms with Crippen LogP contribution in [0.1, 0.15) is 40.5 Å². The van der Waals surface area contributed by atoms with Gasteiger partial charge in [-0.15, -0.1) is 0 Å². The Morgan fingerprint density at radius 2 is 1.75 bits per heavy atom. The Kier molecular flexibility index (Phi) is 6.60. The van der Waals surface area contributed by atoms with E-state index in [1.807, 2.05) is 6.92 Å². The molecule has 0 bridgehead atoms. The van der Waals surface area contributed by atoms with Crippen molar-refractivity contribution < 1.29 is 15.0 Å². The Hall–Kier alpha value is -0.610. The zero-order valence-corrected chi connectivity index (χ0v) is 10.8. The second kappa shape index (κ2) is 6.86. The molecule has 0 rings (SSSR count). The number of aliphatic hydroxyl groups is 2. The first-order valence-electron chi connectivity index (χ1n) is 5.79. The highest BCUT2D eigenvalue weighted by atomic mass is 16.3. The van der Waals surface area contributed by atoms with Gasteiger partial charge in [-0.05, 0) is 17.8 Å². The summed E-state index contributed by atoms with van der Waals surface area (Å²) in [5.41, 5.74) is 0.215. The van der Waals surface area contributed by atoms with Crippen LogP contribution in [0, 0.1) is 11.3 Å². The van der Waals surface area contributed by atoms with E-state index in [2.05, 4.69) is 26.1 Å². The van der Waals surface area contributed by atoms with Crippen molar-refractivity contribution in [2.45, 2.75) is 46.6 Å². The maximum Gasteiger partial charge on any atom is 0.220 e. The third kappa shape index (κ3) is 7.65. The van der Waals surface area contributed by atoms with Gasteiger partial charge in [-0.2, -0.15) is 0 Å². The smallest absolute Gasteiger partial charge is 0.220 e. The van der Waals surface area contributed by atoms with Gasteiger partial charge in [0, 0.05) is 6.42 Å². The van der Waals surface area contributed by atoms with Gasteiger partial charge in [-0.25, -0.2) is 0 Å². The summed E-state index contributed by atoms with van der Waals surface area (Å²) in [7, 11) is 0. The van der Waals surface area contributed by atoms with Crippen molar-refractivity contribution in [1.82, 2.24) is 5.32 Å². The first-order valence-corrected chi connectivity index (χ1v) is 5.79. The average Bonchev–Trinajstić information content (AvgIpc) is 2.10. The summed E-state index contributed by atoms with van der Waals surface area (Å²) < 4.78 is 0. The summed E-state index contributed by atoms with van der Waals surface area (Å²) in [5.74, 6) is 0.197. The number of aliphatic hydroxyl groups excluding tert-OH is 2. The molecule has 0 aromatic carbocycles. The van der Waals surface area contributed by atoms with Crippen molar-refractivity contribution in [1.29, 1.82) is 0 Å². The standard InChI is InChI=1S/C12H25NO3/c1-9(6-12(2,3)4)5-11(16)13-10(7-14)8-15/h9-10,14-15H,5-8H2,1-4H3,(H,13,16). The number of nitrogens with one attached hydrogen (secondary N) is 1. The maximum atomic E-state index is 11.5. The third-order valence-corrected chi connectivity index (χ3v) is 2.30. The molecule has 0 heterocycles. The average molecular weight is 231 g/mol. The minimum atomic E-state index is -0.533. The van der Waals surface area contributed by atoms with E-state index in [9.17, 15) is 4.79 Å². The first-order chi connectivity index (χ1) is 7.28. The number of hydrogen-bond donors (Lipinski definition) is 3. The Labute approximate surface area is 98.1 Å². The van der Waals surface area contributed by atoms with E-state index >= 15 is 0 Å². The van der Waals surface area contributed by atoms with Gasteiger partial charge in [0.2, 0.25) is 5.91 Å². The summed E-state index contributed by atoms with van der Waals surface area (Å²) in [4.78, 5) is 11.5. The molecule has 0 spiro atoms. The van der Waals surface area contributed by atoms with Gasteiger partial charge < -0.3 is 15.5 Å². The van der Waals surface area contributed by atoms with Crippen molar-refractivity contribution in [2.75, 3.05) is 13.2 Å². The lowest BCUT2D eigenvalue weighted by molar-refractivity contribution is -0.123. The van der Waals surface area contributed by atoms with E-state index in [0.29, 0.717) is 12.3 Å². The molecule has 16 heavy (non-hydrogen) atoms. The number of carbonyl (C=O) groups is 1. The van der Waals surface area contributed by atoms with Gasteiger partial charge in [-0.1, -0.05) is 27.7 Å². The molecule has 0 saturated heterocycles. The van der Waals surface area contributed by atoms with Crippen LogP contribution in [0.3, 0.4) is 0 Å². The second-order valence-corrected chi connectivity index (χ2v) is 5.70. The van der Waals surface area contributed by atoms with Gasteiger partial charge in [0.05, 0.1) is 19.3 Å². The topological polar surface area (TPSA) is 69.6 Å². The van der Waals surface area contributed by atoms with E-state index < -0.39 is 6.04 Å². The fourth-order valence-corrected chi connectivity index (χ4v) is 1.87. The lowest BCUT2D eigenvalue weighted by Gasteiger charge is -2.23. The molecule has 3 N–H and O–H groups in total. The molecule has 4 heteroatoms. The molecule has 1 amide bonds. The summed E-state index contributed by atoms with van der Waals surface area (Å²) in [6, 6.07) is -0.533. The largest absolute Gasteiger partial charge is 0.394 e. The molecular formula is C12H25NO3. The van der Waals surface area contributed by atoms with Crippen LogP contribution in [-0.2, 0) is 4.79 Å². The zero-order valence-electron chi connectivity index (χ0n) is 10.8. The van der Waals surface area contributed by atoms with Crippen LogP contribution in [-0.4, -0.2) is 35.4 Å². The molecule has 0 aromatic heterocycles. The van der Waals surface area contributed by atoms with Gasteiger partial charge in [0.1, 0.15) is 0 Å². The molecule has 0 aliphatic rings. The second-order valence-electron chi connectivity index (χ2n) is 5.70. The predicted octanol–water partition coefficient (Wildman–Crippen LogP) is 0.918. The molecule has 0 aliphatic carbocycles. The van der Waals surface area contributed by atoms with E-state index in [1.54, 1.807) is 0 Å². The van der Waals surface area contributed by atoms with Crippen molar-refractivity contribution in [2.24, 2.45) is 11.3 Å². The lowest BCUT2D eigenvalue weighted by Crippen LogP contribution is -2.40. The third-order valence-electron chi connectivity index (χ3n) is 2.30. The molecule has 96 valence electrons. The van der Waals surface area contributed by atoms with Crippen LogP contribution in [0.15, 0.2) is 0 Å². The summed E-state index contributed by atoms with van der Waals surface area (Å²) in [5, 5.41) is 20.2. The molecule has 4 nitrogen and oxygen atoms in total. The fourth-order valence-electron chi connectivity index (χ4n) is 1.87. The van der Waals surface area contributed by atoms with Crippen molar-refractivity contribution in [3.05, 3.63) is 0 Å². The molecule has 0 aromatic rings. The molecule has 1 unspecified atom stereocenters. The van der Waals surface area contributed by atoms with Crippen LogP contribution >= 0.6 is 0 Å². The Morgan fingerprint density at radius 1 is 1.25 bits per heavy atom. The minimum absolute atomic E-state index is 0.107. The van der Waals surface area contributed by atoms with Gasteiger partial charge in [-0.3, -0.25) is 4.79 Å². The van der Waals surface area contributed by atoms with Crippen LogP contribution in [0.2, 0.25) is 0 Å². The van der Waals surface area contributed by atoms with E-state index in [4.69, 9.17) is 10.2 Å². The highest BCUT2D eigenvalue weighted by Crippen LogP contribution is 2.25. The molecule has 1 atom stereocenters. The quantitative estimate of drug-likeness (QED) is 0.636. The normalized spacial score (nSPS) is 13.9. The fraction of sp³-hybridized carbons (Fsp3) is 0.917. The minimum Gasteiger partial charge on any atom is -0.394 e. The van der Waals surface area contributed by atoms with Crippen LogP contribution in [0.4, 0.5) is 0 Å². The predicted molar refractivity (Wildman–Crippen MR) is 64.0 cm³/mol. The molecule has 0 aliphatic heterocycles. The van der Waals surface area contributed by atoms with Gasteiger partial charge >= 0.3 is 0 Å². The zero-order chi connectivity index (χ0) is 12.8. The lowest BCUT2D eigenvalue weighted by atomic mass is 9.84. The summed E-state index contributed by atoms with van der Waals surface area (Å²) in [6.45, 7) is 8.02. The highest BCUT2D eigenvalue weighted by molar-refractivity contribution is 5.76. The number of rotatable bonds is 6. The van der Waals surface area contributed by atoms with Crippen molar-refractivity contribution in [3.63, 3.8) is 0 Å². The van der Waals surface area contributed by atoms with Crippen LogP contribution in [0.25, 0.3) is 0 Å². The maximum absolute atomic E-state index is 11.5. The highest BCUT2D eigenvalue weighted by Gasteiger charge is 2.18. The summed E-state index contributed by atoms with van der Waals surface area (Å²) in [6.07, 6.45) is 1.41. The van der Waals surface area contributed by atoms with E-state index in [0.717, 1.165) is 6.42 Å².